The number of nitro groups is 1. The van der Waals surface area contributed by atoms with Crippen LogP contribution in [0.15, 0.2) is 36.7 Å². The van der Waals surface area contributed by atoms with Crippen LogP contribution >= 0.6 is 0 Å². The lowest BCUT2D eigenvalue weighted by molar-refractivity contribution is -0.385. The number of hydrogen-bond acceptors (Lipinski definition) is 5. The lowest BCUT2D eigenvalue weighted by Crippen LogP contribution is -1.95. The van der Waals surface area contributed by atoms with Crippen LogP contribution in [0.5, 0.6) is 11.6 Å². The fraction of sp³-hybridized carbons (Fsp3) is 0. The van der Waals surface area contributed by atoms with Crippen molar-refractivity contribution in [2.45, 2.75) is 0 Å². The van der Waals surface area contributed by atoms with Gasteiger partial charge in [0.15, 0.2) is 0 Å². The van der Waals surface area contributed by atoms with Crippen LogP contribution in [-0.2, 0) is 0 Å². The number of ether oxygens (including phenoxy) is 1. The molecule has 6 nitrogen and oxygen atoms in total. The number of halogens is 1. The van der Waals surface area contributed by atoms with Gasteiger partial charge in [-0.15, -0.1) is 0 Å². The van der Waals surface area contributed by atoms with Crippen molar-refractivity contribution in [1.29, 1.82) is 0 Å². The molecule has 0 unspecified atom stereocenters. The first-order valence-electron chi connectivity index (χ1n) is 4.55. The maximum absolute atomic E-state index is 12.8. The molecule has 2 rings (SSSR count). The van der Waals surface area contributed by atoms with Crippen LogP contribution in [-0.4, -0.2) is 14.9 Å². The lowest BCUT2D eigenvalue weighted by Gasteiger charge is -2.04. The number of nitrogens with zero attached hydrogens (tertiary/aromatic N) is 3. The number of hydrogen-bond donors (Lipinski definition) is 0. The molecule has 1 aromatic carbocycles. The van der Waals surface area contributed by atoms with E-state index in [-0.39, 0.29) is 17.3 Å². The average Bonchev–Trinajstić information content (AvgIpc) is 2.29. The van der Waals surface area contributed by atoms with Crippen molar-refractivity contribution in [3.63, 3.8) is 0 Å². The van der Waals surface area contributed by atoms with Crippen LogP contribution in [0.25, 0.3) is 0 Å². The topological polar surface area (TPSA) is 78.2 Å². The minimum absolute atomic E-state index is 0.00407. The fourth-order valence-electron chi connectivity index (χ4n) is 1.18. The molecule has 0 saturated heterocycles. The van der Waals surface area contributed by atoms with Crippen molar-refractivity contribution in [2.24, 2.45) is 0 Å². The highest BCUT2D eigenvalue weighted by Gasteiger charge is 2.15. The quantitative estimate of drug-likeness (QED) is 0.463. The summed E-state index contributed by atoms with van der Waals surface area (Å²) in [6.45, 7) is 0. The summed E-state index contributed by atoms with van der Waals surface area (Å²) in [7, 11) is 0. The smallest absolute Gasteiger partial charge is 0.311 e. The SMILES string of the molecule is O=[N+]([O-])c1ccccc1Oc1cc(F)ncn1. The Kier molecular flexibility index (Phi) is 2.91. The van der Waals surface area contributed by atoms with Gasteiger partial charge in [-0.1, -0.05) is 12.1 Å². The van der Waals surface area contributed by atoms with E-state index >= 15 is 0 Å². The highest BCUT2D eigenvalue weighted by Crippen LogP contribution is 2.29. The standard InChI is InChI=1S/C10H6FN3O3/c11-9-5-10(13-6-12-9)17-8-4-2-1-3-7(8)14(15)16/h1-6H. The first-order valence-corrected chi connectivity index (χ1v) is 4.55. The van der Waals surface area contributed by atoms with E-state index in [1.807, 2.05) is 0 Å². The van der Waals surface area contributed by atoms with Crippen LogP contribution in [0.2, 0.25) is 0 Å². The number of nitro benzene ring substituents is 1. The van der Waals surface area contributed by atoms with Crippen LogP contribution in [0.1, 0.15) is 0 Å². The van der Waals surface area contributed by atoms with E-state index in [0.717, 1.165) is 12.4 Å². The summed E-state index contributed by atoms with van der Waals surface area (Å²) in [5.41, 5.74) is -0.216. The van der Waals surface area contributed by atoms with Crippen molar-refractivity contribution < 1.29 is 14.1 Å². The van der Waals surface area contributed by atoms with Crippen LogP contribution in [0.3, 0.4) is 0 Å². The number of rotatable bonds is 3. The van der Waals surface area contributed by atoms with E-state index in [1.165, 1.54) is 18.2 Å². The van der Waals surface area contributed by atoms with Crippen molar-refractivity contribution >= 4 is 5.69 Å². The van der Waals surface area contributed by atoms with Gasteiger partial charge in [-0.25, -0.2) is 9.97 Å². The maximum atomic E-state index is 12.8. The summed E-state index contributed by atoms with van der Waals surface area (Å²) in [5, 5.41) is 10.7. The third-order valence-corrected chi connectivity index (χ3v) is 1.89. The molecular weight excluding hydrogens is 229 g/mol. The predicted molar refractivity (Wildman–Crippen MR) is 55.2 cm³/mol. The minimum atomic E-state index is -0.770. The molecule has 0 atom stereocenters. The van der Waals surface area contributed by atoms with E-state index in [9.17, 15) is 14.5 Å². The van der Waals surface area contributed by atoms with Gasteiger partial charge in [0.1, 0.15) is 6.33 Å². The molecule has 0 spiro atoms. The Balaban J connectivity index is 2.33. The maximum Gasteiger partial charge on any atom is 0.311 e. The first-order chi connectivity index (χ1) is 8.16. The van der Waals surface area contributed by atoms with E-state index in [0.29, 0.717) is 0 Å². The summed E-state index contributed by atoms with van der Waals surface area (Å²) >= 11 is 0. The molecular formula is C10H6FN3O3. The molecule has 0 N–H and O–H groups in total. The summed E-state index contributed by atoms with van der Waals surface area (Å²) < 4.78 is 17.9. The van der Waals surface area contributed by atoms with Gasteiger partial charge in [-0.05, 0) is 6.07 Å². The third-order valence-electron chi connectivity index (χ3n) is 1.89. The molecule has 7 heteroatoms. The second-order valence-electron chi connectivity index (χ2n) is 3.01. The Morgan fingerprint density at radius 1 is 1.29 bits per heavy atom. The van der Waals surface area contributed by atoms with Crippen molar-refractivity contribution in [1.82, 2.24) is 9.97 Å². The zero-order chi connectivity index (χ0) is 12.3. The molecule has 0 amide bonds. The minimum Gasteiger partial charge on any atom is -0.432 e. The summed E-state index contributed by atoms with van der Waals surface area (Å²) in [6.07, 6.45) is 0.972. The largest absolute Gasteiger partial charge is 0.432 e. The Morgan fingerprint density at radius 3 is 2.76 bits per heavy atom. The predicted octanol–water partition coefficient (Wildman–Crippen LogP) is 2.32. The molecule has 86 valence electrons. The normalized spacial score (nSPS) is 9.94. The van der Waals surface area contributed by atoms with Gasteiger partial charge in [0, 0.05) is 6.07 Å². The summed E-state index contributed by atoms with van der Waals surface area (Å²) in [4.78, 5) is 17.0. The summed E-state index contributed by atoms with van der Waals surface area (Å²) in [5.74, 6) is -0.865. The van der Waals surface area contributed by atoms with Gasteiger partial charge in [0.25, 0.3) is 0 Å². The first kappa shape index (κ1) is 10.9. The molecule has 17 heavy (non-hydrogen) atoms. The van der Waals surface area contributed by atoms with E-state index in [4.69, 9.17) is 4.74 Å². The molecule has 0 radical (unpaired) electrons. The summed E-state index contributed by atoms with van der Waals surface area (Å²) in [6, 6.07) is 6.70. The Hall–Kier alpha value is -2.57. The Bertz CT molecular complexity index is 562. The molecule has 0 aliphatic rings. The fourth-order valence-corrected chi connectivity index (χ4v) is 1.18. The lowest BCUT2D eigenvalue weighted by atomic mass is 10.3. The second kappa shape index (κ2) is 4.52. The van der Waals surface area contributed by atoms with Crippen LogP contribution in [0, 0.1) is 16.1 Å². The highest BCUT2D eigenvalue weighted by molar-refractivity contribution is 5.47. The molecule has 0 fully saturated rings. The Morgan fingerprint density at radius 2 is 2.06 bits per heavy atom. The van der Waals surface area contributed by atoms with Gasteiger partial charge in [0.2, 0.25) is 17.6 Å². The van der Waals surface area contributed by atoms with Gasteiger partial charge < -0.3 is 4.74 Å². The third kappa shape index (κ3) is 2.51. The van der Waals surface area contributed by atoms with E-state index in [2.05, 4.69) is 9.97 Å². The monoisotopic (exact) mass is 235 g/mol. The van der Waals surface area contributed by atoms with Crippen molar-refractivity contribution in [2.75, 3.05) is 0 Å². The number of aromatic nitrogens is 2. The number of para-hydroxylation sites is 2. The molecule has 0 bridgehead atoms. The molecule has 0 aliphatic carbocycles. The van der Waals surface area contributed by atoms with Crippen molar-refractivity contribution in [3.05, 3.63) is 52.7 Å². The molecule has 2 aromatic rings. The van der Waals surface area contributed by atoms with Gasteiger partial charge in [-0.3, -0.25) is 10.1 Å². The van der Waals surface area contributed by atoms with Gasteiger partial charge >= 0.3 is 5.69 Å². The second-order valence-corrected chi connectivity index (χ2v) is 3.01. The van der Waals surface area contributed by atoms with E-state index < -0.39 is 10.9 Å². The Labute approximate surface area is 94.9 Å². The van der Waals surface area contributed by atoms with Gasteiger partial charge in [0.05, 0.1) is 11.0 Å². The molecule has 1 heterocycles. The molecule has 0 saturated carbocycles. The average molecular weight is 235 g/mol. The highest BCUT2D eigenvalue weighted by atomic mass is 19.1. The molecule has 1 aromatic heterocycles. The van der Waals surface area contributed by atoms with Crippen LogP contribution in [0.4, 0.5) is 10.1 Å². The van der Waals surface area contributed by atoms with E-state index in [1.54, 1.807) is 6.07 Å². The zero-order valence-corrected chi connectivity index (χ0v) is 8.41. The van der Waals surface area contributed by atoms with Crippen LogP contribution < -0.4 is 4.74 Å². The molecule has 0 aliphatic heterocycles. The van der Waals surface area contributed by atoms with Crippen molar-refractivity contribution in [3.8, 4) is 11.6 Å². The number of benzene rings is 1. The van der Waals surface area contributed by atoms with Gasteiger partial charge in [-0.2, -0.15) is 4.39 Å². The zero-order valence-electron chi connectivity index (χ0n) is 8.41.